The number of ether oxygens (including phenoxy) is 1. The lowest BCUT2D eigenvalue weighted by atomic mass is 9.99. The van der Waals surface area contributed by atoms with Crippen LogP contribution in [-0.4, -0.2) is 41.0 Å². The van der Waals surface area contributed by atoms with E-state index in [2.05, 4.69) is 34.3 Å². The SMILES string of the molecule is Cn1nccc1CN1CCOC[C@@H](Cc2ccc3ccoc3c2)C1. The average Bonchev–Trinajstić information content (AvgIpc) is 3.13. The normalized spacial score (nSPS) is 19.6. The molecule has 0 radical (unpaired) electrons. The summed E-state index contributed by atoms with van der Waals surface area (Å²) in [6.07, 6.45) is 4.62. The van der Waals surface area contributed by atoms with Crippen molar-refractivity contribution in [1.29, 1.82) is 0 Å². The van der Waals surface area contributed by atoms with Crippen LogP contribution in [0.2, 0.25) is 0 Å². The van der Waals surface area contributed by atoms with E-state index in [9.17, 15) is 0 Å². The van der Waals surface area contributed by atoms with Crippen LogP contribution in [0.25, 0.3) is 11.0 Å². The number of hydrogen-bond donors (Lipinski definition) is 0. The van der Waals surface area contributed by atoms with Gasteiger partial charge in [-0.25, -0.2) is 0 Å². The molecule has 1 aromatic carbocycles. The first-order valence-corrected chi connectivity index (χ1v) is 8.51. The summed E-state index contributed by atoms with van der Waals surface area (Å²) in [4.78, 5) is 2.47. The number of aromatic nitrogens is 2. The average molecular weight is 325 g/mol. The van der Waals surface area contributed by atoms with Crippen LogP contribution in [0.3, 0.4) is 0 Å². The second-order valence-electron chi connectivity index (χ2n) is 6.62. The summed E-state index contributed by atoms with van der Waals surface area (Å²) in [5.74, 6) is 0.494. The lowest BCUT2D eigenvalue weighted by molar-refractivity contribution is 0.121. The van der Waals surface area contributed by atoms with Gasteiger partial charge in [-0.15, -0.1) is 0 Å². The van der Waals surface area contributed by atoms with Crippen LogP contribution in [0.5, 0.6) is 0 Å². The van der Waals surface area contributed by atoms with Gasteiger partial charge in [0.2, 0.25) is 0 Å². The third-order valence-electron chi connectivity index (χ3n) is 4.77. The third kappa shape index (κ3) is 3.37. The summed E-state index contributed by atoms with van der Waals surface area (Å²) in [5.41, 5.74) is 3.52. The zero-order valence-electron chi connectivity index (χ0n) is 14.0. The summed E-state index contributed by atoms with van der Waals surface area (Å²) in [7, 11) is 2.00. The molecule has 1 atom stereocenters. The Kier molecular flexibility index (Phi) is 4.36. The van der Waals surface area contributed by atoms with Gasteiger partial charge in [0.1, 0.15) is 5.58 Å². The zero-order valence-corrected chi connectivity index (χ0v) is 14.0. The fourth-order valence-corrected chi connectivity index (χ4v) is 3.46. The highest BCUT2D eigenvalue weighted by Crippen LogP contribution is 2.21. The minimum atomic E-state index is 0.494. The van der Waals surface area contributed by atoms with Crippen molar-refractivity contribution in [1.82, 2.24) is 14.7 Å². The number of rotatable bonds is 4. The maximum Gasteiger partial charge on any atom is 0.134 e. The highest BCUT2D eigenvalue weighted by molar-refractivity contribution is 5.77. The van der Waals surface area contributed by atoms with Crippen LogP contribution in [0.1, 0.15) is 11.3 Å². The topological polar surface area (TPSA) is 43.4 Å². The Labute approximate surface area is 141 Å². The lowest BCUT2D eigenvalue weighted by Crippen LogP contribution is -2.31. The summed E-state index contributed by atoms with van der Waals surface area (Å²) in [6.45, 7) is 4.55. The second kappa shape index (κ2) is 6.79. The van der Waals surface area contributed by atoms with E-state index in [1.807, 2.05) is 24.0 Å². The number of aryl methyl sites for hydroxylation is 1. The van der Waals surface area contributed by atoms with Gasteiger partial charge in [0.25, 0.3) is 0 Å². The van der Waals surface area contributed by atoms with Gasteiger partial charge in [-0.2, -0.15) is 5.10 Å². The molecule has 5 nitrogen and oxygen atoms in total. The Morgan fingerprint density at radius 3 is 3.08 bits per heavy atom. The molecule has 1 fully saturated rings. The van der Waals surface area contributed by atoms with Crippen LogP contribution in [0.4, 0.5) is 0 Å². The van der Waals surface area contributed by atoms with E-state index in [0.717, 1.165) is 50.2 Å². The van der Waals surface area contributed by atoms with Crippen molar-refractivity contribution in [3.05, 3.63) is 54.0 Å². The van der Waals surface area contributed by atoms with E-state index in [-0.39, 0.29) is 0 Å². The molecule has 0 bridgehead atoms. The van der Waals surface area contributed by atoms with E-state index in [0.29, 0.717) is 5.92 Å². The molecule has 126 valence electrons. The van der Waals surface area contributed by atoms with E-state index in [1.54, 1.807) is 6.26 Å². The van der Waals surface area contributed by atoms with E-state index in [4.69, 9.17) is 9.15 Å². The molecule has 0 unspecified atom stereocenters. The Hall–Kier alpha value is -2.11. The Morgan fingerprint density at radius 2 is 2.21 bits per heavy atom. The predicted molar refractivity (Wildman–Crippen MR) is 92.7 cm³/mol. The van der Waals surface area contributed by atoms with E-state index >= 15 is 0 Å². The summed E-state index contributed by atoms with van der Waals surface area (Å²) < 4.78 is 13.3. The van der Waals surface area contributed by atoms with Crippen molar-refractivity contribution in [2.45, 2.75) is 13.0 Å². The number of fused-ring (bicyclic) bond motifs is 1. The predicted octanol–water partition coefficient (Wildman–Crippen LogP) is 2.86. The van der Waals surface area contributed by atoms with Gasteiger partial charge in [-0.05, 0) is 36.1 Å². The fraction of sp³-hybridized carbons (Fsp3) is 0.421. The highest BCUT2D eigenvalue weighted by atomic mass is 16.5. The lowest BCUT2D eigenvalue weighted by Gasteiger charge is -2.23. The molecule has 1 aliphatic heterocycles. The monoisotopic (exact) mass is 325 g/mol. The first kappa shape index (κ1) is 15.4. The quantitative estimate of drug-likeness (QED) is 0.740. The summed E-state index contributed by atoms with van der Waals surface area (Å²) >= 11 is 0. The maximum atomic E-state index is 5.84. The summed E-state index contributed by atoms with van der Waals surface area (Å²) in [5, 5.41) is 5.43. The van der Waals surface area contributed by atoms with Crippen molar-refractivity contribution >= 4 is 11.0 Å². The largest absolute Gasteiger partial charge is 0.464 e. The van der Waals surface area contributed by atoms with Gasteiger partial charge < -0.3 is 9.15 Å². The van der Waals surface area contributed by atoms with Crippen molar-refractivity contribution in [3.63, 3.8) is 0 Å². The summed E-state index contributed by atoms with van der Waals surface area (Å²) in [6, 6.07) is 10.6. The molecule has 4 rings (SSSR count). The first-order valence-electron chi connectivity index (χ1n) is 8.51. The minimum absolute atomic E-state index is 0.494. The van der Waals surface area contributed by atoms with Gasteiger partial charge >= 0.3 is 0 Å². The van der Waals surface area contributed by atoms with Gasteiger partial charge in [-0.1, -0.05) is 12.1 Å². The van der Waals surface area contributed by atoms with Gasteiger partial charge in [0, 0.05) is 38.3 Å². The van der Waals surface area contributed by atoms with Crippen LogP contribution in [-0.2, 0) is 24.8 Å². The second-order valence-corrected chi connectivity index (χ2v) is 6.62. The molecule has 0 aliphatic carbocycles. The molecule has 2 aromatic heterocycles. The van der Waals surface area contributed by atoms with Crippen molar-refractivity contribution in [2.24, 2.45) is 13.0 Å². The molecule has 0 N–H and O–H groups in total. The number of furan rings is 1. The molecule has 0 saturated carbocycles. The third-order valence-corrected chi connectivity index (χ3v) is 4.77. The smallest absolute Gasteiger partial charge is 0.134 e. The van der Waals surface area contributed by atoms with Gasteiger partial charge in [0.05, 0.1) is 25.2 Å². The number of hydrogen-bond acceptors (Lipinski definition) is 4. The Bertz CT molecular complexity index is 808. The molecule has 0 spiro atoms. The maximum absolute atomic E-state index is 5.84. The Morgan fingerprint density at radius 1 is 1.25 bits per heavy atom. The molecule has 3 heterocycles. The molecular formula is C19H23N3O2. The fourth-order valence-electron chi connectivity index (χ4n) is 3.46. The van der Waals surface area contributed by atoms with Gasteiger partial charge in [0.15, 0.2) is 0 Å². The molecule has 24 heavy (non-hydrogen) atoms. The van der Waals surface area contributed by atoms with Crippen LogP contribution in [0, 0.1) is 5.92 Å². The van der Waals surface area contributed by atoms with E-state index in [1.165, 1.54) is 11.3 Å². The zero-order chi connectivity index (χ0) is 16.4. The molecule has 1 saturated heterocycles. The Balaban J connectivity index is 1.44. The van der Waals surface area contributed by atoms with Gasteiger partial charge in [-0.3, -0.25) is 9.58 Å². The molecule has 1 aliphatic rings. The number of nitrogens with zero attached hydrogens (tertiary/aromatic N) is 3. The molecule has 5 heteroatoms. The standard InChI is InChI=1S/C19H23N3O2/c1-21-18(4-6-20-21)13-22-7-9-23-14-16(12-22)10-15-2-3-17-5-8-24-19(17)11-15/h2-6,8,11,16H,7,9-10,12-14H2,1H3/t16-/m0/s1. The first-order chi connectivity index (χ1) is 11.8. The van der Waals surface area contributed by atoms with Crippen LogP contribution >= 0.6 is 0 Å². The molecular weight excluding hydrogens is 302 g/mol. The van der Waals surface area contributed by atoms with E-state index < -0.39 is 0 Å². The van der Waals surface area contributed by atoms with Crippen molar-refractivity contribution in [3.8, 4) is 0 Å². The molecule has 0 amide bonds. The number of benzene rings is 1. The van der Waals surface area contributed by atoms with Crippen molar-refractivity contribution < 1.29 is 9.15 Å². The molecule has 3 aromatic rings. The van der Waals surface area contributed by atoms with Crippen LogP contribution in [0.15, 0.2) is 47.2 Å². The van der Waals surface area contributed by atoms with Crippen LogP contribution < -0.4 is 0 Å². The highest BCUT2D eigenvalue weighted by Gasteiger charge is 2.20. The minimum Gasteiger partial charge on any atom is -0.464 e. The van der Waals surface area contributed by atoms with Crippen molar-refractivity contribution in [2.75, 3.05) is 26.3 Å².